The minimum atomic E-state index is 0.349. The highest BCUT2D eigenvalue weighted by molar-refractivity contribution is 7.71. The summed E-state index contributed by atoms with van der Waals surface area (Å²) in [7, 11) is 1.63. The van der Waals surface area contributed by atoms with E-state index in [1.165, 1.54) is 0 Å². The highest BCUT2D eigenvalue weighted by Crippen LogP contribution is 2.21. The number of anilines is 1. The number of nitrogens with zero attached hydrogens (tertiary/aromatic N) is 6. The summed E-state index contributed by atoms with van der Waals surface area (Å²) in [6, 6.07) is 13.2. The van der Waals surface area contributed by atoms with E-state index in [2.05, 4.69) is 26.0 Å². The molecule has 9 heteroatoms. The maximum Gasteiger partial charge on any atom is 0.288 e. The number of ether oxygens (including phenoxy) is 1. The highest BCUT2D eigenvalue weighted by atomic mass is 32.1. The first-order valence-electron chi connectivity index (χ1n) is 9.22. The molecule has 1 aromatic carbocycles. The number of benzene rings is 1. The predicted octanol–water partition coefficient (Wildman–Crippen LogP) is 2.93. The van der Waals surface area contributed by atoms with Crippen LogP contribution >= 0.6 is 12.2 Å². The number of rotatable bonds is 5. The van der Waals surface area contributed by atoms with Gasteiger partial charge < -0.3 is 14.1 Å². The molecule has 0 amide bonds. The van der Waals surface area contributed by atoms with E-state index in [4.69, 9.17) is 26.6 Å². The Kier molecular flexibility index (Phi) is 5.55. The lowest BCUT2D eigenvalue weighted by Crippen LogP contribution is -2.47. The molecular weight excluding hydrogens is 388 g/mol. The fraction of sp³-hybridized carbons (Fsp3) is 0.300. The molecule has 0 atom stereocenters. The average molecular weight is 408 g/mol. The molecule has 3 aromatic rings. The van der Waals surface area contributed by atoms with Crippen LogP contribution in [0.15, 0.2) is 47.0 Å². The molecule has 0 radical (unpaired) electrons. The third-order valence-electron chi connectivity index (χ3n) is 4.85. The molecule has 0 unspecified atom stereocenters. The number of aromatic nitrogens is 3. The van der Waals surface area contributed by atoms with E-state index in [0.717, 1.165) is 43.3 Å². The minimum Gasteiger partial charge on any atom is -0.497 e. The molecule has 4 rings (SSSR count). The Balaban J connectivity index is 1.40. The lowest BCUT2D eigenvalue weighted by Gasteiger charge is -2.35. The molecule has 1 saturated heterocycles. The van der Waals surface area contributed by atoms with Crippen molar-refractivity contribution in [2.45, 2.75) is 6.67 Å². The summed E-state index contributed by atoms with van der Waals surface area (Å²) in [5, 5.41) is 13.6. The van der Waals surface area contributed by atoms with E-state index in [-0.39, 0.29) is 0 Å². The molecule has 1 aliphatic rings. The van der Waals surface area contributed by atoms with Gasteiger partial charge in [-0.15, -0.1) is 5.10 Å². The molecule has 0 spiro atoms. The second kappa shape index (κ2) is 8.43. The van der Waals surface area contributed by atoms with Crippen LogP contribution < -0.4 is 9.64 Å². The van der Waals surface area contributed by atoms with E-state index in [0.29, 0.717) is 23.0 Å². The minimum absolute atomic E-state index is 0.349. The van der Waals surface area contributed by atoms with E-state index < -0.39 is 0 Å². The summed E-state index contributed by atoms with van der Waals surface area (Å²) in [6.45, 7) is 3.88. The monoisotopic (exact) mass is 408 g/mol. The van der Waals surface area contributed by atoms with Crippen molar-refractivity contribution in [2.75, 3.05) is 38.2 Å². The van der Waals surface area contributed by atoms with E-state index in [9.17, 15) is 0 Å². The van der Waals surface area contributed by atoms with Gasteiger partial charge in [0.2, 0.25) is 5.89 Å². The third kappa shape index (κ3) is 4.29. The van der Waals surface area contributed by atoms with Crippen LogP contribution in [0.5, 0.6) is 5.75 Å². The normalized spacial score (nSPS) is 14.6. The fourth-order valence-corrected chi connectivity index (χ4v) is 3.39. The highest BCUT2D eigenvalue weighted by Gasteiger charge is 2.20. The van der Waals surface area contributed by atoms with Gasteiger partial charge in [0, 0.05) is 37.9 Å². The summed E-state index contributed by atoms with van der Waals surface area (Å²) in [4.78, 5) is 9.18. The Labute approximate surface area is 173 Å². The van der Waals surface area contributed by atoms with E-state index in [1.807, 2.05) is 30.3 Å². The van der Waals surface area contributed by atoms with Crippen molar-refractivity contribution >= 4 is 18.0 Å². The SMILES string of the molecule is COc1ccc(-c2nn(CN3CCN(c4cc(C#N)ccn4)CC3)c(=S)o2)cc1. The first-order chi connectivity index (χ1) is 14.2. The number of pyridine rings is 1. The zero-order chi connectivity index (χ0) is 20.2. The maximum atomic E-state index is 9.06. The quantitative estimate of drug-likeness (QED) is 0.596. The molecule has 2 aromatic heterocycles. The Bertz CT molecular complexity index is 1080. The van der Waals surface area contributed by atoms with Crippen LogP contribution in [-0.2, 0) is 6.67 Å². The molecule has 29 heavy (non-hydrogen) atoms. The Hall–Kier alpha value is -3.22. The number of nitriles is 1. The van der Waals surface area contributed by atoms with Crippen LogP contribution in [0.25, 0.3) is 11.5 Å². The van der Waals surface area contributed by atoms with Crippen molar-refractivity contribution in [3.8, 4) is 23.3 Å². The Morgan fingerprint density at radius 1 is 1.17 bits per heavy atom. The summed E-state index contributed by atoms with van der Waals surface area (Å²) in [5.74, 6) is 2.11. The first kappa shape index (κ1) is 19.1. The van der Waals surface area contributed by atoms with Crippen LogP contribution in [0, 0.1) is 16.2 Å². The third-order valence-corrected chi connectivity index (χ3v) is 5.14. The van der Waals surface area contributed by atoms with Gasteiger partial charge >= 0.3 is 0 Å². The maximum absolute atomic E-state index is 9.06. The number of piperazine rings is 1. The zero-order valence-corrected chi connectivity index (χ0v) is 16.8. The standard InChI is InChI=1S/C20H20N6O2S/c1-27-17-4-2-16(3-5-17)19-23-26(20(29)28-19)14-24-8-10-25(11-9-24)18-12-15(13-21)6-7-22-18/h2-7,12H,8-11,14H2,1H3. The summed E-state index contributed by atoms with van der Waals surface area (Å²) in [5.41, 5.74) is 1.47. The van der Waals surface area contributed by atoms with Gasteiger partial charge in [0.05, 0.1) is 25.4 Å². The summed E-state index contributed by atoms with van der Waals surface area (Å²) < 4.78 is 12.6. The molecule has 1 fully saturated rings. The van der Waals surface area contributed by atoms with Crippen LogP contribution in [0.4, 0.5) is 5.82 Å². The van der Waals surface area contributed by atoms with Gasteiger partial charge in [-0.2, -0.15) is 5.26 Å². The second-order valence-electron chi connectivity index (χ2n) is 6.66. The number of hydrogen-bond acceptors (Lipinski definition) is 8. The fourth-order valence-electron chi connectivity index (χ4n) is 3.21. The van der Waals surface area contributed by atoms with Crippen LogP contribution in [0.3, 0.4) is 0 Å². The Morgan fingerprint density at radius 3 is 2.62 bits per heavy atom. The molecule has 8 nitrogen and oxygen atoms in total. The average Bonchev–Trinajstić information content (AvgIpc) is 3.14. The van der Waals surface area contributed by atoms with E-state index in [1.54, 1.807) is 24.1 Å². The lowest BCUT2D eigenvalue weighted by atomic mass is 10.2. The van der Waals surface area contributed by atoms with Crippen molar-refractivity contribution < 1.29 is 9.15 Å². The first-order valence-corrected chi connectivity index (χ1v) is 9.63. The topological polar surface area (TPSA) is 83.4 Å². The van der Waals surface area contributed by atoms with Crippen molar-refractivity contribution in [1.82, 2.24) is 19.7 Å². The zero-order valence-electron chi connectivity index (χ0n) is 16.0. The van der Waals surface area contributed by atoms with Crippen molar-refractivity contribution in [3.63, 3.8) is 0 Å². The molecule has 3 heterocycles. The van der Waals surface area contributed by atoms with Crippen LogP contribution in [-0.4, -0.2) is 53.0 Å². The molecular formula is C20H20N6O2S. The van der Waals surface area contributed by atoms with Gasteiger partial charge in [0.1, 0.15) is 11.6 Å². The Morgan fingerprint density at radius 2 is 1.93 bits per heavy atom. The van der Waals surface area contributed by atoms with E-state index >= 15 is 0 Å². The molecule has 1 aliphatic heterocycles. The molecule has 0 N–H and O–H groups in total. The molecule has 0 bridgehead atoms. The van der Waals surface area contributed by atoms with Crippen molar-refractivity contribution in [2.24, 2.45) is 0 Å². The number of hydrogen-bond donors (Lipinski definition) is 0. The smallest absolute Gasteiger partial charge is 0.288 e. The predicted molar refractivity (Wildman–Crippen MR) is 110 cm³/mol. The van der Waals surface area contributed by atoms with Crippen molar-refractivity contribution in [1.29, 1.82) is 5.26 Å². The van der Waals surface area contributed by atoms with Gasteiger partial charge in [-0.1, -0.05) is 0 Å². The largest absolute Gasteiger partial charge is 0.497 e. The van der Waals surface area contributed by atoms with Crippen LogP contribution in [0.2, 0.25) is 0 Å². The molecule has 0 aliphatic carbocycles. The van der Waals surface area contributed by atoms with Gasteiger partial charge in [-0.3, -0.25) is 4.90 Å². The second-order valence-corrected chi connectivity index (χ2v) is 7.01. The van der Waals surface area contributed by atoms with Gasteiger partial charge in [-0.05, 0) is 48.6 Å². The van der Waals surface area contributed by atoms with Gasteiger partial charge in [0.15, 0.2) is 0 Å². The van der Waals surface area contributed by atoms with Gasteiger partial charge in [0.25, 0.3) is 4.84 Å². The van der Waals surface area contributed by atoms with Crippen molar-refractivity contribution in [3.05, 3.63) is 53.0 Å². The number of methoxy groups -OCH3 is 1. The van der Waals surface area contributed by atoms with Crippen LogP contribution in [0.1, 0.15) is 5.56 Å². The molecule has 0 saturated carbocycles. The molecule has 148 valence electrons. The lowest BCUT2D eigenvalue weighted by molar-refractivity contribution is 0.192. The van der Waals surface area contributed by atoms with Gasteiger partial charge in [-0.25, -0.2) is 9.67 Å². The summed E-state index contributed by atoms with van der Waals surface area (Å²) in [6.07, 6.45) is 1.68. The summed E-state index contributed by atoms with van der Waals surface area (Å²) >= 11 is 5.35.